The summed E-state index contributed by atoms with van der Waals surface area (Å²) in [5, 5.41) is 13.3. The third-order valence-corrected chi connectivity index (χ3v) is 5.18. The van der Waals surface area contributed by atoms with Crippen molar-refractivity contribution in [1.29, 1.82) is 0 Å². The molecule has 4 N–H and O–H groups in total. The lowest BCUT2D eigenvalue weighted by molar-refractivity contribution is -0.131. The number of nitrogens with one attached hydrogen (secondary N) is 1. The highest BCUT2D eigenvalue weighted by Crippen LogP contribution is 2.24. The lowest BCUT2D eigenvalue weighted by atomic mass is 9.88. The minimum Gasteiger partial charge on any atom is -0.393 e. The first kappa shape index (κ1) is 23.5. The molecule has 0 aliphatic heterocycles. The van der Waals surface area contributed by atoms with Crippen molar-refractivity contribution in [3.8, 4) is 0 Å². The van der Waals surface area contributed by atoms with Gasteiger partial charge in [0.05, 0.1) is 18.3 Å². The molecule has 7 heteroatoms. The Kier molecular flexibility index (Phi) is 8.92. The third kappa shape index (κ3) is 7.91. The molecule has 0 fully saturated rings. The summed E-state index contributed by atoms with van der Waals surface area (Å²) in [7, 11) is 0. The quantitative estimate of drug-likeness (QED) is 0.496. The number of alkyl halides is 1. The van der Waals surface area contributed by atoms with Gasteiger partial charge in [0.2, 0.25) is 5.91 Å². The predicted molar refractivity (Wildman–Crippen MR) is 113 cm³/mol. The SMILES string of the molecule is CC(F)(CC[C@H](C[C@@H](O)CCc1ccccc1)C(=O)NCc1ccccn1)C(N)=O. The third-order valence-electron chi connectivity index (χ3n) is 5.18. The van der Waals surface area contributed by atoms with Crippen LogP contribution in [-0.4, -0.2) is 33.7 Å². The molecule has 1 aromatic carbocycles. The van der Waals surface area contributed by atoms with Gasteiger partial charge in [0.25, 0.3) is 5.91 Å². The van der Waals surface area contributed by atoms with Crippen LogP contribution in [0, 0.1) is 5.92 Å². The van der Waals surface area contributed by atoms with Crippen LogP contribution in [-0.2, 0) is 22.6 Å². The van der Waals surface area contributed by atoms with Crippen LogP contribution in [0.5, 0.6) is 0 Å². The number of benzene rings is 1. The standard InChI is InChI=1S/C23H30FN3O3/c1-23(24,22(25)30)13-12-18(21(29)27-16-19-9-5-6-14-26-19)15-20(28)11-10-17-7-3-2-4-8-17/h2-9,14,18,20,28H,10-13,15-16H2,1H3,(H2,25,30)(H,27,29)/t18-,20+,23?/m1/s1. The van der Waals surface area contributed by atoms with E-state index in [1.807, 2.05) is 36.4 Å². The predicted octanol–water partition coefficient (Wildman–Crippen LogP) is 2.69. The minimum absolute atomic E-state index is 0.104. The highest BCUT2D eigenvalue weighted by Gasteiger charge is 2.33. The monoisotopic (exact) mass is 415 g/mol. The number of pyridine rings is 1. The van der Waals surface area contributed by atoms with E-state index in [4.69, 9.17) is 5.73 Å². The largest absolute Gasteiger partial charge is 0.393 e. The summed E-state index contributed by atoms with van der Waals surface area (Å²) in [6.07, 6.45) is 2.16. The zero-order valence-electron chi connectivity index (χ0n) is 17.3. The van der Waals surface area contributed by atoms with Gasteiger partial charge in [0, 0.05) is 12.1 Å². The fourth-order valence-corrected chi connectivity index (χ4v) is 3.17. The van der Waals surface area contributed by atoms with Crippen LogP contribution in [0.1, 0.15) is 43.9 Å². The molecule has 0 radical (unpaired) electrons. The number of hydrogen-bond donors (Lipinski definition) is 3. The van der Waals surface area contributed by atoms with Crippen molar-refractivity contribution < 1.29 is 19.1 Å². The number of amides is 2. The second kappa shape index (κ2) is 11.4. The van der Waals surface area contributed by atoms with Gasteiger partial charge in [-0.15, -0.1) is 0 Å². The maximum atomic E-state index is 14.3. The molecule has 0 saturated carbocycles. The molecule has 0 spiro atoms. The zero-order chi connectivity index (χ0) is 22.0. The Hall–Kier alpha value is -2.80. The summed E-state index contributed by atoms with van der Waals surface area (Å²) in [6, 6.07) is 15.1. The fraction of sp³-hybridized carbons (Fsp3) is 0.435. The first-order valence-electron chi connectivity index (χ1n) is 10.2. The molecule has 2 aromatic rings. The summed E-state index contributed by atoms with van der Waals surface area (Å²) in [5.41, 5.74) is 4.70. The molecule has 2 rings (SSSR count). The number of aliphatic hydroxyl groups is 1. The van der Waals surface area contributed by atoms with Gasteiger partial charge in [-0.05, 0) is 56.7 Å². The summed E-state index contributed by atoms with van der Waals surface area (Å²) < 4.78 is 14.3. The normalized spacial score (nSPS) is 15.0. The topological polar surface area (TPSA) is 105 Å². The Morgan fingerprint density at radius 3 is 2.50 bits per heavy atom. The van der Waals surface area contributed by atoms with Crippen molar-refractivity contribution in [3.05, 3.63) is 66.0 Å². The molecular formula is C23H30FN3O3. The number of rotatable bonds is 12. The van der Waals surface area contributed by atoms with Crippen LogP contribution in [0.3, 0.4) is 0 Å². The first-order valence-corrected chi connectivity index (χ1v) is 10.2. The Balaban J connectivity index is 1.96. The molecule has 1 unspecified atom stereocenters. The number of carbonyl (C=O) groups is 2. The Morgan fingerprint density at radius 1 is 1.17 bits per heavy atom. The highest BCUT2D eigenvalue weighted by molar-refractivity contribution is 5.83. The molecule has 2 amide bonds. The number of carbonyl (C=O) groups excluding carboxylic acids is 2. The van der Waals surface area contributed by atoms with Crippen LogP contribution in [0.4, 0.5) is 4.39 Å². The zero-order valence-corrected chi connectivity index (χ0v) is 17.3. The molecule has 1 aromatic heterocycles. The van der Waals surface area contributed by atoms with Gasteiger partial charge in [0.15, 0.2) is 5.67 Å². The number of nitrogens with two attached hydrogens (primary N) is 1. The molecule has 6 nitrogen and oxygen atoms in total. The molecule has 3 atom stereocenters. The van der Waals surface area contributed by atoms with Crippen molar-refractivity contribution in [2.24, 2.45) is 11.7 Å². The van der Waals surface area contributed by atoms with Crippen LogP contribution in [0.25, 0.3) is 0 Å². The lowest BCUT2D eigenvalue weighted by Crippen LogP contribution is -2.39. The number of aryl methyl sites for hydroxylation is 1. The van der Waals surface area contributed by atoms with E-state index < -0.39 is 23.6 Å². The van der Waals surface area contributed by atoms with Gasteiger partial charge in [-0.25, -0.2) is 4.39 Å². The first-order chi connectivity index (χ1) is 14.3. The van der Waals surface area contributed by atoms with Crippen LogP contribution in [0.2, 0.25) is 0 Å². The second-order valence-electron chi connectivity index (χ2n) is 7.75. The van der Waals surface area contributed by atoms with E-state index in [2.05, 4.69) is 10.3 Å². The van der Waals surface area contributed by atoms with Gasteiger partial charge in [-0.2, -0.15) is 0 Å². The molecule has 0 saturated heterocycles. The summed E-state index contributed by atoms with van der Waals surface area (Å²) in [5.74, 6) is -2.01. The fourth-order valence-electron chi connectivity index (χ4n) is 3.17. The molecule has 0 aliphatic carbocycles. The number of aromatic nitrogens is 1. The van der Waals surface area contributed by atoms with Gasteiger partial charge in [-0.3, -0.25) is 14.6 Å². The van der Waals surface area contributed by atoms with Crippen LogP contribution < -0.4 is 11.1 Å². The lowest BCUT2D eigenvalue weighted by Gasteiger charge is -2.23. The molecule has 1 heterocycles. The van der Waals surface area contributed by atoms with Gasteiger partial charge >= 0.3 is 0 Å². The van der Waals surface area contributed by atoms with Gasteiger partial charge in [-0.1, -0.05) is 36.4 Å². The highest BCUT2D eigenvalue weighted by atomic mass is 19.1. The molecule has 162 valence electrons. The molecule has 30 heavy (non-hydrogen) atoms. The number of nitrogens with zero attached hydrogens (tertiary/aromatic N) is 1. The number of aliphatic hydroxyl groups excluding tert-OH is 1. The average molecular weight is 416 g/mol. The molecule has 0 aliphatic rings. The Labute approximate surface area is 176 Å². The average Bonchev–Trinajstić information content (AvgIpc) is 2.74. The number of hydrogen-bond acceptors (Lipinski definition) is 4. The van der Waals surface area contributed by atoms with Crippen molar-refractivity contribution in [3.63, 3.8) is 0 Å². The maximum absolute atomic E-state index is 14.3. The van der Waals surface area contributed by atoms with E-state index >= 15 is 0 Å². The van der Waals surface area contributed by atoms with E-state index in [1.54, 1.807) is 18.3 Å². The maximum Gasteiger partial charge on any atom is 0.254 e. The summed E-state index contributed by atoms with van der Waals surface area (Å²) >= 11 is 0. The molecule has 0 bridgehead atoms. The summed E-state index contributed by atoms with van der Waals surface area (Å²) in [6.45, 7) is 1.35. The summed E-state index contributed by atoms with van der Waals surface area (Å²) in [4.78, 5) is 28.2. The van der Waals surface area contributed by atoms with Crippen molar-refractivity contribution in [1.82, 2.24) is 10.3 Å². The van der Waals surface area contributed by atoms with Crippen LogP contribution >= 0.6 is 0 Å². The minimum atomic E-state index is -2.20. The number of primary amides is 1. The van der Waals surface area contributed by atoms with Crippen molar-refractivity contribution in [2.75, 3.05) is 0 Å². The Morgan fingerprint density at radius 2 is 1.87 bits per heavy atom. The van der Waals surface area contributed by atoms with Gasteiger partial charge in [0.1, 0.15) is 0 Å². The van der Waals surface area contributed by atoms with Gasteiger partial charge < -0.3 is 16.2 Å². The molecular weight excluding hydrogens is 385 g/mol. The van der Waals surface area contributed by atoms with E-state index in [0.717, 1.165) is 12.5 Å². The van der Waals surface area contributed by atoms with E-state index in [9.17, 15) is 19.1 Å². The van der Waals surface area contributed by atoms with E-state index in [-0.39, 0.29) is 31.7 Å². The van der Waals surface area contributed by atoms with Crippen molar-refractivity contribution in [2.45, 2.75) is 57.3 Å². The Bertz CT molecular complexity index is 800. The van der Waals surface area contributed by atoms with E-state index in [0.29, 0.717) is 18.5 Å². The smallest absolute Gasteiger partial charge is 0.254 e. The van der Waals surface area contributed by atoms with E-state index in [1.165, 1.54) is 0 Å². The number of halogens is 1. The van der Waals surface area contributed by atoms with Crippen molar-refractivity contribution >= 4 is 11.8 Å². The second-order valence-corrected chi connectivity index (χ2v) is 7.75. The van der Waals surface area contributed by atoms with Crippen LogP contribution in [0.15, 0.2) is 54.7 Å².